The summed E-state index contributed by atoms with van der Waals surface area (Å²) >= 11 is 1.47. The first-order valence-corrected chi connectivity index (χ1v) is 7.35. The van der Waals surface area contributed by atoms with E-state index in [1.807, 2.05) is 44.2 Å². The number of fused-ring (bicyclic) bond motifs is 1. The van der Waals surface area contributed by atoms with Gasteiger partial charge in [0.15, 0.2) is 5.13 Å². The molecule has 2 heterocycles. The molecule has 0 aliphatic heterocycles. The van der Waals surface area contributed by atoms with Gasteiger partial charge in [0, 0.05) is 6.08 Å². The quantitative estimate of drug-likeness (QED) is 0.739. The van der Waals surface area contributed by atoms with Crippen molar-refractivity contribution >= 4 is 38.7 Å². The summed E-state index contributed by atoms with van der Waals surface area (Å²) in [7, 11) is 0. The van der Waals surface area contributed by atoms with Crippen molar-refractivity contribution in [3.05, 3.63) is 53.5 Å². The van der Waals surface area contributed by atoms with Gasteiger partial charge in [-0.3, -0.25) is 10.1 Å². The molecule has 4 nitrogen and oxygen atoms in total. The van der Waals surface area contributed by atoms with E-state index in [1.54, 1.807) is 6.08 Å². The second kappa shape index (κ2) is 5.54. The largest absolute Gasteiger partial charge is 0.462 e. The number of rotatable bonds is 3. The SMILES string of the molecule is Cc1ccc(/C=C/C(=O)Nc2nc3c(C)cccc3s2)o1. The zero-order valence-corrected chi connectivity index (χ0v) is 12.5. The first kappa shape index (κ1) is 13.6. The number of para-hydroxylation sites is 1. The van der Waals surface area contributed by atoms with E-state index in [9.17, 15) is 4.79 Å². The van der Waals surface area contributed by atoms with Crippen molar-refractivity contribution in [1.29, 1.82) is 0 Å². The lowest BCUT2D eigenvalue weighted by Gasteiger charge is -1.94. The van der Waals surface area contributed by atoms with E-state index in [2.05, 4.69) is 10.3 Å². The first-order valence-electron chi connectivity index (χ1n) is 6.53. The average Bonchev–Trinajstić information content (AvgIpc) is 3.03. The Kier molecular flexibility index (Phi) is 3.58. The molecule has 21 heavy (non-hydrogen) atoms. The zero-order chi connectivity index (χ0) is 14.8. The predicted octanol–water partition coefficient (Wildman–Crippen LogP) is 4.16. The van der Waals surface area contributed by atoms with Crippen LogP contribution in [0.4, 0.5) is 5.13 Å². The smallest absolute Gasteiger partial charge is 0.250 e. The number of furan rings is 1. The van der Waals surface area contributed by atoms with Crippen LogP contribution < -0.4 is 5.32 Å². The fraction of sp³-hybridized carbons (Fsp3) is 0.125. The molecule has 0 saturated carbocycles. The summed E-state index contributed by atoms with van der Waals surface area (Å²) in [6.45, 7) is 3.87. The fourth-order valence-corrected chi connectivity index (χ4v) is 2.93. The molecule has 1 aromatic carbocycles. The highest BCUT2D eigenvalue weighted by Crippen LogP contribution is 2.27. The molecular formula is C16H14N2O2S. The predicted molar refractivity (Wildman–Crippen MR) is 85.5 cm³/mol. The summed E-state index contributed by atoms with van der Waals surface area (Å²) in [6.07, 6.45) is 3.08. The Morgan fingerprint density at radius 2 is 2.14 bits per heavy atom. The van der Waals surface area contributed by atoms with Gasteiger partial charge in [0.2, 0.25) is 5.91 Å². The molecule has 2 aromatic heterocycles. The summed E-state index contributed by atoms with van der Waals surface area (Å²) in [4.78, 5) is 16.3. The Labute approximate surface area is 126 Å². The normalized spacial score (nSPS) is 11.3. The molecule has 1 amide bonds. The molecule has 5 heteroatoms. The first-order chi connectivity index (χ1) is 10.1. The van der Waals surface area contributed by atoms with E-state index >= 15 is 0 Å². The Hall–Kier alpha value is -2.40. The molecule has 3 aromatic rings. The minimum absolute atomic E-state index is 0.222. The van der Waals surface area contributed by atoms with Gasteiger partial charge in [0.05, 0.1) is 10.2 Å². The monoisotopic (exact) mass is 298 g/mol. The molecule has 0 unspecified atom stereocenters. The van der Waals surface area contributed by atoms with Crippen LogP contribution in [0.25, 0.3) is 16.3 Å². The number of hydrogen-bond acceptors (Lipinski definition) is 4. The Bertz CT molecular complexity index is 830. The number of anilines is 1. The lowest BCUT2D eigenvalue weighted by Crippen LogP contribution is -2.07. The lowest BCUT2D eigenvalue weighted by atomic mass is 10.2. The van der Waals surface area contributed by atoms with Crippen molar-refractivity contribution < 1.29 is 9.21 Å². The number of nitrogens with one attached hydrogen (secondary N) is 1. The van der Waals surface area contributed by atoms with Gasteiger partial charge in [-0.1, -0.05) is 23.5 Å². The Balaban J connectivity index is 1.74. The van der Waals surface area contributed by atoms with Crippen LogP contribution in [0, 0.1) is 13.8 Å². The topological polar surface area (TPSA) is 55.1 Å². The number of hydrogen-bond donors (Lipinski definition) is 1. The molecule has 3 rings (SSSR count). The van der Waals surface area contributed by atoms with E-state index in [4.69, 9.17) is 4.42 Å². The van der Waals surface area contributed by atoms with Gasteiger partial charge < -0.3 is 4.42 Å². The molecule has 0 aliphatic carbocycles. The van der Waals surface area contributed by atoms with E-state index < -0.39 is 0 Å². The Morgan fingerprint density at radius 1 is 1.29 bits per heavy atom. The summed E-state index contributed by atoms with van der Waals surface area (Å²) < 4.78 is 6.43. The second-order valence-electron chi connectivity index (χ2n) is 4.71. The number of aromatic nitrogens is 1. The highest BCUT2D eigenvalue weighted by Gasteiger charge is 2.07. The molecule has 0 radical (unpaired) electrons. The van der Waals surface area contributed by atoms with Gasteiger partial charge in [-0.05, 0) is 43.7 Å². The lowest BCUT2D eigenvalue weighted by molar-refractivity contribution is -0.111. The van der Waals surface area contributed by atoms with Crippen LogP contribution in [0.3, 0.4) is 0 Å². The number of carbonyl (C=O) groups is 1. The summed E-state index contributed by atoms with van der Waals surface area (Å²) in [5.74, 6) is 1.25. The van der Waals surface area contributed by atoms with Crippen molar-refractivity contribution in [2.75, 3.05) is 5.32 Å². The van der Waals surface area contributed by atoms with E-state index in [0.717, 1.165) is 21.5 Å². The standard InChI is InChI=1S/C16H14N2O2S/c1-10-4-3-5-13-15(10)18-16(21-13)17-14(19)9-8-12-7-6-11(2)20-12/h3-9H,1-2H3,(H,17,18,19)/b9-8+. The maximum absolute atomic E-state index is 11.9. The van der Waals surface area contributed by atoms with E-state index in [-0.39, 0.29) is 5.91 Å². The van der Waals surface area contributed by atoms with E-state index in [1.165, 1.54) is 17.4 Å². The number of thiazole rings is 1. The van der Waals surface area contributed by atoms with Crippen molar-refractivity contribution in [2.45, 2.75) is 13.8 Å². The highest BCUT2D eigenvalue weighted by molar-refractivity contribution is 7.22. The molecule has 106 valence electrons. The third-order valence-electron chi connectivity index (χ3n) is 3.01. The molecule has 0 bridgehead atoms. The van der Waals surface area contributed by atoms with Crippen LogP contribution in [-0.2, 0) is 4.79 Å². The highest BCUT2D eigenvalue weighted by atomic mass is 32.1. The molecule has 0 fully saturated rings. The maximum Gasteiger partial charge on any atom is 0.250 e. The third kappa shape index (κ3) is 3.03. The van der Waals surface area contributed by atoms with Crippen molar-refractivity contribution in [2.24, 2.45) is 0 Å². The number of nitrogens with zero attached hydrogens (tertiary/aromatic N) is 1. The summed E-state index contributed by atoms with van der Waals surface area (Å²) in [5.41, 5.74) is 2.04. The van der Waals surface area contributed by atoms with Crippen LogP contribution in [-0.4, -0.2) is 10.9 Å². The average molecular weight is 298 g/mol. The van der Waals surface area contributed by atoms with Gasteiger partial charge in [-0.15, -0.1) is 0 Å². The minimum atomic E-state index is -0.222. The number of carbonyl (C=O) groups excluding carboxylic acids is 1. The van der Waals surface area contributed by atoms with E-state index in [0.29, 0.717) is 10.9 Å². The Morgan fingerprint density at radius 3 is 2.86 bits per heavy atom. The molecule has 0 atom stereocenters. The van der Waals surface area contributed by atoms with Crippen LogP contribution in [0.1, 0.15) is 17.1 Å². The van der Waals surface area contributed by atoms with Gasteiger partial charge in [0.25, 0.3) is 0 Å². The van der Waals surface area contributed by atoms with Crippen molar-refractivity contribution in [3.63, 3.8) is 0 Å². The van der Waals surface area contributed by atoms with Gasteiger partial charge in [-0.2, -0.15) is 0 Å². The van der Waals surface area contributed by atoms with Crippen molar-refractivity contribution in [3.8, 4) is 0 Å². The second-order valence-corrected chi connectivity index (χ2v) is 5.74. The zero-order valence-electron chi connectivity index (χ0n) is 11.7. The number of benzene rings is 1. The molecule has 0 spiro atoms. The minimum Gasteiger partial charge on any atom is -0.462 e. The molecule has 0 aliphatic rings. The van der Waals surface area contributed by atoms with Crippen LogP contribution in [0.5, 0.6) is 0 Å². The third-order valence-corrected chi connectivity index (χ3v) is 3.95. The molecular weight excluding hydrogens is 284 g/mol. The maximum atomic E-state index is 11.9. The van der Waals surface area contributed by atoms with Crippen LogP contribution in [0.2, 0.25) is 0 Å². The molecule has 0 saturated heterocycles. The number of aryl methyl sites for hydroxylation is 2. The van der Waals surface area contributed by atoms with Gasteiger partial charge in [-0.25, -0.2) is 4.98 Å². The summed E-state index contributed by atoms with van der Waals surface area (Å²) in [5, 5.41) is 3.38. The van der Waals surface area contributed by atoms with Crippen molar-refractivity contribution in [1.82, 2.24) is 4.98 Å². The fourth-order valence-electron chi connectivity index (χ4n) is 1.99. The van der Waals surface area contributed by atoms with Crippen LogP contribution >= 0.6 is 11.3 Å². The van der Waals surface area contributed by atoms with Crippen LogP contribution in [0.15, 0.2) is 40.8 Å². The summed E-state index contributed by atoms with van der Waals surface area (Å²) in [6, 6.07) is 9.67. The number of amides is 1. The van der Waals surface area contributed by atoms with Gasteiger partial charge in [0.1, 0.15) is 11.5 Å². The van der Waals surface area contributed by atoms with Gasteiger partial charge >= 0.3 is 0 Å². The molecule has 1 N–H and O–H groups in total.